The molecular formula is C17H30N2O2. The van der Waals surface area contributed by atoms with Crippen LogP contribution in [0.4, 0.5) is 0 Å². The van der Waals surface area contributed by atoms with E-state index < -0.39 is 0 Å². The van der Waals surface area contributed by atoms with Crippen LogP contribution in [0.3, 0.4) is 0 Å². The molecule has 1 saturated heterocycles. The lowest BCUT2D eigenvalue weighted by atomic mass is 9.90. The molecule has 0 radical (unpaired) electrons. The van der Waals surface area contributed by atoms with Crippen LogP contribution in [0.15, 0.2) is 0 Å². The van der Waals surface area contributed by atoms with Crippen molar-refractivity contribution in [3.8, 4) is 0 Å². The van der Waals surface area contributed by atoms with Crippen LogP contribution in [0.1, 0.15) is 65.7 Å². The second kappa shape index (κ2) is 6.80. The Bertz CT molecular complexity index is 381. The van der Waals surface area contributed by atoms with E-state index >= 15 is 0 Å². The van der Waals surface area contributed by atoms with E-state index in [1.165, 1.54) is 19.3 Å². The Kier molecular flexibility index (Phi) is 5.28. The van der Waals surface area contributed by atoms with Crippen molar-refractivity contribution in [1.29, 1.82) is 0 Å². The molecular weight excluding hydrogens is 264 g/mol. The minimum Gasteiger partial charge on any atom is -0.353 e. The van der Waals surface area contributed by atoms with Gasteiger partial charge in [-0.25, -0.2) is 0 Å². The van der Waals surface area contributed by atoms with Gasteiger partial charge in [0.15, 0.2) is 0 Å². The first-order valence-corrected chi connectivity index (χ1v) is 8.47. The van der Waals surface area contributed by atoms with E-state index in [9.17, 15) is 9.59 Å². The number of hydrogen-bond acceptors (Lipinski definition) is 2. The molecule has 1 heterocycles. The van der Waals surface area contributed by atoms with Gasteiger partial charge in [0.1, 0.15) is 0 Å². The summed E-state index contributed by atoms with van der Waals surface area (Å²) >= 11 is 0. The second-order valence-electron chi connectivity index (χ2n) is 7.68. The maximum atomic E-state index is 12.4. The van der Waals surface area contributed by atoms with Crippen molar-refractivity contribution >= 4 is 11.8 Å². The van der Waals surface area contributed by atoms with Gasteiger partial charge in [-0.3, -0.25) is 9.59 Å². The predicted octanol–water partition coefficient (Wildman–Crippen LogP) is 2.72. The van der Waals surface area contributed by atoms with Crippen molar-refractivity contribution in [2.24, 2.45) is 11.3 Å². The van der Waals surface area contributed by atoms with Crippen molar-refractivity contribution < 1.29 is 9.59 Å². The summed E-state index contributed by atoms with van der Waals surface area (Å²) in [5, 5.41) is 3.21. The largest absolute Gasteiger partial charge is 0.353 e. The average Bonchev–Trinajstić information content (AvgIpc) is 2.46. The lowest BCUT2D eigenvalue weighted by Crippen LogP contribution is -2.50. The highest BCUT2D eigenvalue weighted by Gasteiger charge is 2.33. The van der Waals surface area contributed by atoms with Gasteiger partial charge < -0.3 is 10.2 Å². The number of carbonyl (C=O) groups excluding carboxylic acids is 2. The van der Waals surface area contributed by atoms with Crippen LogP contribution < -0.4 is 5.32 Å². The van der Waals surface area contributed by atoms with Crippen molar-refractivity contribution in [3.63, 3.8) is 0 Å². The Hall–Kier alpha value is -1.06. The van der Waals surface area contributed by atoms with Crippen molar-refractivity contribution in [1.82, 2.24) is 10.2 Å². The lowest BCUT2D eigenvalue weighted by Gasteiger charge is -2.36. The van der Waals surface area contributed by atoms with Crippen LogP contribution in [0, 0.1) is 11.3 Å². The van der Waals surface area contributed by atoms with E-state index in [0.717, 1.165) is 32.2 Å². The molecule has 0 unspecified atom stereocenters. The van der Waals surface area contributed by atoms with Gasteiger partial charge in [0, 0.05) is 24.5 Å². The summed E-state index contributed by atoms with van der Waals surface area (Å²) in [6.07, 6.45) is 7.82. The zero-order chi connectivity index (χ0) is 15.5. The van der Waals surface area contributed by atoms with Gasteiger partial charge in [0.25, 0.3) is 0 Å². The molecule has 2 rings (SSSR count). The molecule has 0 aromatic rings. The second-order valence-corrected chi connectivity index (χ2v) is 7.68. The maximum absolute atomic E-state index is 12.4. The Morgan fingerprint density at radius 2 is 1.67 bits per heavy atom. The molecule has 0 aromatic carbocycles. The van der Waals surface area contributed by atoms with Gasteiger partial charge in [0.05, 0.1) is 5.92 Å². The molecule has 1 aliphatic carbocycles. The van der Waals surface area contributed by atoms with E-state index in [1.54, 1.807) is 0 Å². The average molecular weight is 294 g/mol. The van der Waals surface area contributed by atoms with Gasteiger partial charge in [-0.2, -0.15) is 0 Å². The van der Waals surface area contributed by atoms with E-state index in [4.69, 9.17) is 0 Å². The Morgan fingerprint density at radius 1 is 1.00 bits per heavy atom. The molecule has 1 saturated carbocycles. The van der Waals surface area contributed by atoms with Crippen LogP contribution >= 0.6 is 0 Å². The molecule has 1 atom stereocenters. The zero-order valence-electron chi connectivity index (χ0n) is 13.8. The summed E-state index contributed by atoms with van der Waals surface area (Å²) < 4.78 is 0. The normalized spacial score (nSPS) is 24.7. The van der Waals surface area contributed by atoms with Crippen LogP contribution in [0.5, 0.6) is 0 Å². The third-order valence-electron chi connectivity index (χ3n) is 4.67. The van der Waals surface area contributed by atoms with Gasteiger partial charge >= 0.3 is 0 Å². The van der Waals surface area contributed by atoms with E-state index in [2.05, 4.69) is 5.32 Å². The number of hydrogen-bond donors (Lipinski definition) is 1. The number of piperidine rings is 1. The monoisotopic (exact) mass is 294 g/mol. The molecule has 4 nitrogen and oxygen atoms in total. The third kappa shape index (κ3) is 4.45. The van der Waals surface area contributed by atoms with Gasteiger partial charge in [-0.05, 0) is 25.7 Å². The first kappa shape index (κ1) is 16.3. The van der Waals surface area contributed by atoms with Crippen LogP contribution in [0.25, 0.3) is 0 Å². The molecule has 0 bridgehead atoms. The van der Waals surface area contributed by atoms with Crippen LogP contribution in [-0.2, 0) is 9.59 Å². The fourth-order valence-electron chi connectivity index (χ4n) is 3.42. The number of amides is 2. The summed E-state index contributed by atoms with van der Waals surface area (Å²) in [5.41, 5.74) is -0.359. The number of nitrogens with one attached hydrogen (secondary N) is 1. The van der Waals surface area contributed by atoms with E-state index in [-0.39, 0.29) is 23.1 Å². The van der Waals surface area contributed by atoms with Crippen molar-refractivity contribution in [3.05, 3.63) is 0 Å². The quantitative estimate of drug-likeness (QED) is 0.851. The fourth-order valence-corrected chi connectivity index (χ4v) is 3.42. The minimum absolute atomic E-state index is 0.0213. The molecule has 2 aliphatic rings. The fraction of sp³-hybridized carbons (Fsp3) is 0.882. The number of likely N-dealkylation sites (tertiary alicyclic amines) is 1. The minimum atomic E-state index is -0.359. The summed E-state index contributed by atoms with van der Waals surface area (Å²) in [6.45, 7) is 7.22. The molecule has 0 spiro atoms. The predicted molar refractivity (Wildman–Crippen MR) is 83.8 cm³/mol. The van der Waals surface area contributed by atoms with Gasteiger partial charge in [-0.1, -0.05) is 40.0 Å². The zero-order valence-corrected chi connectivity index (χ0v) is 13.8. The summed E-state index contributed by atoms with van der Waals surface area (Å²) in [5.74, 6) is 0.304. The van der Waals surface area contributed by atoms with E-state index in [0.29, 0.717) is 12.6 Å². The highest BCUT2D eigenvalue weighted by molar-refractivity contribution is 5.84. The first-order chi connectivity index (χ1) is 9.88. The maximum Gasteiger partial charge on any atom is 0.227 e. The van der Waals surface area contributed by atoms with E-state index in [1.807, 2.05) is 25.7 Å². The molecule has 2 fully saturated rings. The topological polar surface area (TPSA) is 49.4 Å². The third-order valence-corrected chi connectivity index (χ3v) is 4.67. The smallest absolute Gasteiger partial charge is 0.227 e. The van der Waals surface area contributed by atoms with Crippen LogP contribution in [0.2, 0.25) is 0 Å². The number of nitrogens with zero attached hydrogens (tertiary/aromatic N) is 1. The molecule has 2 amide bonds. The molecule has 21 heavy (non-hydrogen) atoms. The molecule has 1 aliphatic heterocycles. The number of rotatable bonds is 2. The van der Waals surface area contributed by atoms with Gasteiger partial charge in [-0.15, -0.1) is 0 Å². The number of carbonyl (C=O) groups is 2. The first-order valence-electron chi connectivity index (χ1n) is 8.47. The Labute approximate surface area is 128 Å². The standard InChI is InChI=1S/C17H30N2O2/c1-17(2,3)16(21)19-11-7-8-13(12-19)15(20)18-14-9-5-4-6-10-14/h13-14H,4-12H2,1-3H3,(H,18,20)/t13-/m0/s1. The lowest BCUT2D eigenvalue weighted by molar-refractivity contribution is -0.142. The van der Waals surface area contributed by atoms with Crippen molar-refractivity contribution in [2.45, 2.75) is 71.8 Å². The molecule has 1 N–H and O–H groups in total. The SMILES string of the molecule is CC(C)(C)C(=O)N1CCC[C@H](C(=O)NC2CCCCC2)C1. The van der Waals surface area contributed by atoms with Crippen LogP contribution in [-0.4, -0.2) is 35.8 Å². The van der Waals surface area contributed by atoms with Gasteiger partial charge in [0.2, 0.25) is 11.8 Å². The highest BCUT2D eigenvalue weighted by atomic mass is 16.2. The Morgan fingerprint density at radius 3 is 2.29 bits per heavy atom. The Balaban J connectivity index is 1.88. The highest BCUT2D eigenvalue weighted by Crippen LogP contribution is 2.24. The summed E-state index contributed by atoms with van der Waals surface area (Å²) in [4.78, 5) is 26.7. The summed E-state index contributed by atoms with van der Waals surface area (Å²) in [6, 6.07) is 0.361. The van der Waals surface area contributed by atoms with Crippen molar-refractivity contribution in [2.75, 3.05) is 13.1 Å². The summed E-state index contributed by atoms with van der Waals surface area (Å²) in [7, 11) is 0. The molecule has 4 heteroatoms. The molecule has 0 aromatic heterocycles. The molecule has 120 valence electrons.